The number of ether oxygens (including phenoxy) is 2. The minimum absolute atomic E-state index is 0.0504. The van der Waals surface area contributed by atoms with Gasteiger partial charge >= 0.3 is 0 Å². The molecule has 0 N–H and O–H groups in total. The molecule has 33 heavy (non-hydrogen) atoms. The number of para-hydroxylation sites is 1. The number of nitrogens with zero attached hydrogens (tertiary/aromatic N) is 2. The maximum Gasteiger partial charge on any atom is 0.278 e. The molecule has 0 saturated heterocycles. The summed E-state index contributed by atoms with van der Waals surface area (Å²) in [4.78, 5) is 29.9. The first-order valence-corrected chi connectivity index (χ1v) is 10.3. The summed E-state index contributed by atoms with van der Waals surface area (Å²) in [7, 11) is 4.80. The van der Waals surface area contributed by atoms with Gasteiger partial charge in [0.15, 0.2) is 11.5 Å². The Hall–Kier alpha value is -4.13. The van der Waals surface area contributed by atoms with Gasteiger partial charge in [0.05, 0.1) is 26.3 Å². The topological polar surface area (TPSA) is 59.1 Å². The lowest BCUT2D eigenvalue weighted by Gasteiger charge is -2.21. The van der Waals surface area contributed by atoms with Crippen molar-refractivity contribution < 1.29 is 23.5 Å². The largest absolute Gasteiger partial charge is 0.493 e. The van der Waals surface area contributed by atoms with Crippen LogP contribution in [0, 0.1) is 5.82 Å². The number of halogens is 1. The van der Waals surface area contributed by atoms with Crippen LogP contribution in [0.4, 0.5) is 10.1 Å². The summed E-state index contributed by atoms with van der Waals surface area (Å²) >= 11 is 0. The second kappa shape index (κ2) is 9.16. The average molecular weight is 446 g/mol. The zero-order chi connectivity index (χ0) is 23.5. The standard InChI is InChI=1S/C26H23FN2O4/c1-28(20-7-5-4-6-8-20)24-23(18-10-12-19(27)13-11-18)25(30)29(26(24)31)16-17-9-14-21(32-2)22(15-17)33-3/h4-15H,16H2,1-3H3. The van der Waals surface area contributed by atoms with Gasteiger partial charge in [-0.25, -0.2) is 4.39 Å². The minimum atomic E-state index is -0.445. The third-order valence-electron chi connectivity index (χ3n) is 5.54. The van der Waals surface area contributed by atoms with E-state index < -0.39 is 17.6 Å². The minimum Gasteiger partial charge on any atom is -0.493 e. The molecule has 0 aromatic heterocycles. The Kier molecular flexibility index (Phi) is 6.13. The SMILES string of the molecule is COc1ccc(CN2C(=O)C(c3ccc(F)cc3)=C(N(C)c3ccccc3)C2=O)cc1OC. The maximum absolute atomic E-state index is 13.6. The molecule has 3 aromatic rings. The van der Waals surface area contributed by atoms with Gasteiger partial charge in [0.1, 0.15) is 11.5 Å². The molecule has 0 unspecified atom stereocenters. The van der Waals surface area contributed by atoms with E-state index in [4.69, 9.17) is 9.47 Å². The molecule has 0 bridgehead atoms. The lowest BCUT2D eigenvalue weighted by Crippen LogP contribution is -2.33. The smallest absolute Gasteiger partial charge is 0.278 e. The van der Waals surface area contributed by atoms with E-state index >= 15 is 0 Å². The van der Waals surface area contributed by atoms with Gasteiger partial charge in [-0.15, -0.1) is 0 Å². The second-order valence-corrected chi connectivity index (χ2v) is 7.51. The molecular formula is C26H23FN2O4. The van der Waals surface area contributed by atoms with E-state index in [9.17, 15) is 14.0 Å². The van der Waals surface area contributed by atoms with Crippen LogP contribution in [0.25, 0.3) is 5.57 Å². The summed E-state index contributed by atoms with van der Waals surface area (Å²) < 4.78 is 24.2. The molecule has 1 aliphatic rings. The van der Waals surface area contributed by atoms with E-state index in [-0.39, 0.29) is 17.8 Å². The van der Waals surface area contributed by atoms with Crippen LogP contribution >= 0.6 is 0 Å². The van der Waals surface area contributed by atoms with E-state index in [0.717, 1.165) is 5.69 Å². The van der Waals surface area contributed by atoms with Crippen molar-refractivity contribution in [2.24, 2.45) is 0 Å². The number of carbonyl (C=O) groups excluding carboxylic acids is 2. The fourth-order valence-electron chi connectivity index (χ4n) is 3.84. The van der Waals surface area contributed by atoms with Crippen molar-refractivity contribution in [1.29, 1.82) is 0 Å². The molecule has 0 spiro atoms. The molecule has 1 heterocycles. The number of anilines is 1. The molecule has 0 saturated carbocycles. The third kappa shape index (κ3) is 4.17. The average Bonchev–Trinajstić information content (AvgIpc) is 3.09. The number of carbonyl (C=O) groups is 2. The Bertz CT molecular complexity index is 1220. The van der Waals surface area contributed by atoms with Crippen LogP contribution in [0.2, 0.25) is 0 Å². The van der Waals surface area contributed by atoms with E-state index in [0.29, 0.717) is 22.6 Å². The summed E-state index contributed by atoms with van der Waals surface area (Å²) in [6.07, 6.45) is 0. The van der Waals surface area contributed by atoms with Gasteiger partial charge in [-0.05, 0) is 47.5 Å². The second-order valence-electron chi connectivity index (χ2n) is 7.51. The van der Waals surface area contributed by atoms with Crippen molar-refractivity contribution in [3.05, 3.63) is 95.4 Å². The Morgan fingerprint density at radius 1 is 0.848 bits per heavy atom. The first-order valence-electron chi connectivity index (χ1n) is 10.3. The fourth-order valence-corrected chi connectivity index (χ4v) is 3.84. The summed E-state index contributed by atoms with van der Waals surface area (Å²) in [6, 6.07) is 20.1. The number of methoxy groups -OCH3 is 2. The molecule has 4 rings (SSSR count). The first kappa shape index (κ1) is 22.1. The normalized spacial score (nSPS) is 13.5. The summed E-state index contributed by atoms with van der Waals surface area (Å²) in [5.41, 5.74) is 2.39. The molecule has 1 aliphatic heterocycles. The molecular weight excluding hydrogens is 423 g/mol. The van der Waals surface area contributed by atoms with Crippen molar-refractivity contribution in [1.82, 2.24) is 4.90 Å². The maximum atomic E-state index is 13.6. The lowest BCUT2D eigenvalue weighted by molar-refractivity contribution is -0.137. The molecule has 6 nitrogen and oxygen atoms in total. The summed E-state index contributed by atoms with van der Waals surface area (Å²) in [5.74, 6) is -0.242. The number of imide groups is 1. The molecule has 2 amide bonds. The van der Waals surface area contributed by atoms with Crippen molar-refractivity contribution >= 4 is 23.1 Å². The predicted molar refractivity (Wildman–Crippen MR) is 123 cm³/mol. The van der Waals surface area contributed by atoms with E-state index in [1.54, 1.807) is 30.1 Å². The highest BCUT2D eigenvalue weighted by Gasteiger charge is 2.41. The van der Waals surface area contributed by atoms with Crippen molar-refractivity contribution in [2.75, 3.05) is 26.2 Å². The monoisotopic (exact) mass is 446 g/mol. The molecule has 0 fully saturated rings. The van der Waals surface area contributed by atoms with Crippen LogP contribution in [0.15, 0.2) is 78.5 Å². The van der Waals surface area contributed by atoms with Crippen molar-refractivity contribution in [2.45, 2.75) is 6.54 Å². The van der Waals surface area contributed by atoms with E-state index in [2.05, 4.69) is 0 Å². The van der Waals surface area contributed by atoms with Crippen molar-refractivity contribution in [3.63, 3.8) is 0 Å². The van der Waals surface area contributed by atoms with Crippen LogP contribution in [0.5, 0.6) is 11.5 Å². The highest BCUT2D eigenvalue weighted by atomic mass is 19.1. The number of amides is 2. The molecule has 3 aromatic carbocycles. The molecule has 168 valence electrons. The Balaban J connectivity index is 1.75. The van der Waals surface area contributed by atoms with Gasteiger partial charge in [-0.2, -0.15) is 0 Å². The summed E-state index contributed by atoms with van der Waals surface area (Å²) in [6.45, 7) is 0.0504. The molecule has 0 atom stereocenters. The number of benzene rings is 3. The van der Waals surface area contributed by atoms with Crippen LogP contribution in [-0.2, 0) is 16.1 Å². The third-order valence-corrected chi connectivity index (χ3v) is 5.54. The van der Waals surface area contributed by atoms with Crippen LogP contribution < -0.4 is 14.4 Å². The van der Waals surface area contributed by atoms with Gasteiger partial charge in [0.25, 0.3) is 11.8 Å². The highest BCUT2D eigenvalue weighted by molar-refractivity contribution is 6.36. The zero-order valence-corrected chi connectivity index (χ0v) is 18.5. The van der Waals surface area contributed by atoms with Gasteiger partial charge < -0.3 is 14.4 Å². The van der Waals surface area contributed by atoms with E-state index in [1.165, 1.54) is 43.4 Å². The summed E-state index contributed by atoms with van der Waals surface area (Å²) in [5, 5.41) is 0. The van der Waals surface area contributed by atoms with E-state index in [1.807, 2.05) is 30.3 Å². The first-order chi connectivity index (χ1) is 15.9. The van der Waals surface area contributed by atoms with Crippen LogP contribution in [0.3, 0.4) is 0 Å². The molecule has 0 aliphatic carbocycles. The quantitative estimate of drug-likeness (QED) is 0.508. The van der Waals surface area contributed by atoms with Gasteiger partial charge in [-0.1, -0.05) is 36.4 Å². The lowest BCUT2D eigenvalue weighted by atomic mass is 10.0. The van der Waals surface area contributed by atoms with Gasteiger partial charge in [0.2, 0.25) is 0 Å². The highest BCUT2D eigenvalue weighted by Crippen LogP contribution is 2.35. The molecule has 7 heteroatoms. The van der Waals surface area contributed by atoms with Crippen molar-refractivity contribution in [3.8, 4) is 11.5 Å². The predicted octanol–water partition coefficient (Wildman–Crippen LogP) is 4.26. The Morgan fingerprint density at radius 2 is 1.52 bits per heavy atom. The Morgan fingerprint density at radius 3 is 2.15 bits per heavy atom. The van der Waals surface area contributed by atoms with Crippen LogP contribution in [-0.4, -0.2) is 38.0 Å². The number of hydrogen-bond donors (Lipinski definition) is 0. The number of likely N-dealkylation sites (N-methyl/N-ethyl adjacent to an activating group) is 1. The van der Waals surface area contributed by atoms with Crippen LogP contribution in [0.1, 0.15) is 11.1 Å². The fraction of sp³-hybridized carbons (Fsp3) is 0.154. The number of hydrogen-bond acceptors (Lipinski definition) is 5. The molecule has 0 radical (unpaired) electrons. The Labute approximate surface area is 191 Å². The van der Waals surface area contributed by atoms with Gasteiger partial charge in [-0.3, -0.25) is 14.5 Å². The zero-order valence-electron chi connectivity index (χ0n) is 18.5. The van der Waals surface area contributed by atoms with Gasteiger partial charge in [0, 0.05) is 12.7 Å². The number of rotatable bonds is 7.